The number of anilines is 1. The van der Waals surface area contributed by atoms with E-state index in [0.29, 0.717) is 11.6 Å². The monoisotopic (exact) mass is 251 g/mol. The highest BCUT2D eigenvalue weighted by atomic mass is 19.1. The Hall–Kier alpha value is -1.58. The highest BCUT2D eigenvalue weighted by molar-refractivity contribution is 5.84. The quantitative estimate of drug-likeness (QED) is 0.864. The van der Waals surface area contributed by atoms with Crippen molar-refractivity contribution in [1.82, 2.24) is 0 Å². The largest absolute Gasteiger partial charge is 0.446 e. The van der Waals surface area contributed by atoms with Crippen LogP contribution in [0, 0.1) is 11.7 Å². The molecule has 1 saturated carbocycles. The lowest BCUT2D eigenvalue weighted by Gasteiger charge is -2.28. The Balaban J connectivity index is 1.86. The lowest BCUT2D eigenvalue weighted by Crippen LogP contribution is -2.30. The van der Waals surface area contributed by atoms with Gasteiger partial charge < -0.3 is 4.74 Å². The van der Waals surface area contributed by atoms with Crippen LogP contribution in [-0.2, 0) is 4.74 Å². The molecule has 0 bridgehead atoms. The second-order valence-electron chi connectivity index (χ2n) is 4.84. The smallest absolute Gasteiger partial charge is 0.411 e. The molecule has 0 radical (unpaired) electrons. The van der Waals surface area contributed by atoms with Gasteiger partial charge in [-0.3, -0.25) is 5.32 Å². The summed E-state index contributed by atoms with van der Waals surface area (Å²) in [7, 11) is 0. The third-order valence-corrected chi connectivity index (χ3v) is 3.38. The van der Waals surface area contributed by atoms with E-state index in [9.17, 15) is 9.18 Å². The third kappa shape index (κ3) is 3.45. The van der Waals surface area contributed by atoms with E-state index in [2.05, 4.69) is 12.2 Å². The van der Waals surface area contributed by atoms with Crippen molar-refractivity contribution in [3.05, 3.63) is 30.1 Å². The number of ether oxygens (including phenoxy) is 1. The minimum atomic E-state index is -0.458. The Kier molecular flexibility index (Phi) is 4.18. The maximum Gasteiger partial charge on any atom is 0.411 e. The Morgan fingerprint density at radius 1 is 1.28 bits per heavy atom. The van der Waals surface area contributed by atoms with Crippen molar-refractivity contribution in [2.45, 2.75) is 38.7 Å². The first-order valence-corrected chi connectivity index (χ1v) is 6.38. The van der Waals surface area contributed by atoms with Crippen LogP contribution in [0.25, 0.3) is 0 Å². The van der Waals surface area contributed by atoms with E-state index in [4.69, 9.17) is 4.74 Å². The predicted molar refractivity (Wildman–Crippen MR) is 67.9 cm³/mol. The van der Waals surface area contributed by atoms with Crippen molar-refractivity contribution in [2.75, 3.05) is 5.32 Å². The molecule has 1 fully saturated rings. The molecular formula is C14H18FNO2. The molecule has 0 saturated heterocycles. The van der Waals surface area contributed by atoms with Gasteiger partial charge in [-0.2, -0.15) is 0 Å². The van der Waals surface area contributed by atoms with E-state index in [1.54, 1.807) is 0 Å². The zero-order valence-corrected chi connectivity index (χ0v) is 10.5. The fraction of sp³-hybridized carbons (Fsp3) is 0.500. The maximum atomic E-state index is 12.7. The molecule has 2 unspecified atom stereocenters. The predicted octanol–water partition coefficient (Wildman–Crippen LogP) is 3.95. The second-order valence-corrected chi connectivity index (χ2v) is 4.84. The minimum Gasteiger partial charge on any atom is -0.446 e. The van der Waals surface area contributed by atoms with Crippen LogP contribution in [0.15, 0.2) is 24.3 Å². The van der Waals surface area contributed by atoms with E-state index >= 15 is 0 Å². The normalized spacial score (nSPS) is 23.4. The molecular weight excluding hydrogens is 233 g/mol. The number of carbonyl (C=O) groups excluding carboxylic acids is 1. The molecule has 18 heavy (non-hydrogen) atoms. The van der Waals surface area contributed by atoms with Gasteiger partial charge in [0.15, 0.2) is 0 Å². The van der Waals surface area contributed by atoms with Gasteiger partial charge in [-0.25, -0.2) is 9.18 Å². The molecule has 0 spiro atoms. The molecule has 2 rings (SSSR count). The van der Waals surface area contributed by atoms with Crippen molar-refractivity contribution in [2.24, 2.45) is 5.92 Å². The first kappa shape index (κ1) is 12.9. The summed E-state index contributed by atoms with van der Waals surface area (Å²) in [6.07, 6.45) is 3.89. The molecule has 0 aliphatic heterocycles. The van der Waals surface area contributed by atoms with Gasteiger partial charge in [-0.15, -0.1) is 0 Å². The lowest BCUT2D eigenvalue weighted by atomic mass is 9.88. The molecule has 3 nitrogen and oxygen atoms in total. The number of amides is 1. The van der Waals surface area contributed by atoms with E-state index in [1.807, 2.05) is 0 Å². The van der Waals surface area contributed by atoms with Crippen LogP contribution in [0.3, 0.4) is 0 Å². The molecule has 0 heterocycles. The van der Waals surface area contributed by atoms with Gasteiger partial charge in [-0.05, 0) is 49.4 Å². The van der Waals surface area contributed by atoms with Crippen LogP contribution in [0.5, 0.6) is 0 Å². The number of hydrogen-bond donors (Lipinski definition) is 1. The number of benzene rings is 1. The van der Waals surface area contributed by atoms with Crippen molar-refractivity contribution in [1.29, 1.82) is 0 Å². The second kappa shape index (κ2) is 5.85. The number of carbonyl (C=O) groups is 1. The minimum absolute atomic E-state index is 0.000742. The van der Waals surface area contributed by atoms with Gasteiger partial charge in [0.2, 0.25) is 0 Å². The third-order valence-electron chi connectivity index (χ3n) is 3.38. The van der Waals surface area contributed by atoms with Gasteiger partial charge in [0, 0.05) is 5.69 Å². The summed E-state index contributed by atoms with van der Waals surface area (Å²) in [6, 6.07) is 5.64. The fourth-order valence-corrected chi connectivity index (χ4v) is 2.28. The molecule has 1 aromatic carbocycles. The number of nitrogens with one attached hydrogen (secondary N) is 1. The highest BCUT2D eigenvalue weighted by Gasteiger charge is 2.24. The van der Waals surface area contributed by atoms with Crippen LogP contribution in [-0.4, -0.2) is 12.2 Å². The van der Waals surface area contributed by atoms with Gasteiger partial charge >= 0.3 is 6.09 Å². The van der Waals surface area contributed by atoms with Crippen molar-refractivity contribution in [3.8, 4) is 0 Å². The molecule has 1 N–H and O–H groups in total. The van der Waals surface area contributed by atoms with Crippen LogP contribution < -0.4 is 5.32 Å². The van der Waals surface area contributed by atoms with Gasteiger partial charge in [0.05, 0.1) is 0 Å². The van der Waals surface area contributed by atoms with E-state index in [1.165, 1.54) is 30.7 Å². The topological polar surface area (TPSA) is 38.3 Å². The van der Waals surface area contributed by atoms with Gasteiger partial charge in [0.25, 0.3) is 0 Å². The van der Waals surface area contributed by atoms with Crippen molar-refractivity contribution in [3.63, 3.8) is 0 Å². The fourth-order valence-electron chi connectivity index (χ4n) is 2.28. The molecule has 0 aromatic heterocycles. The van der Waals surface area contributed by atoms with Crippen LogP contribution in [0.2, 0.25) is 0 Å². The summed E-state index contributed by atoms with van der Waals surface area (Å²) in [5, 5.41) is 2.61. The molecule has 1 amide bonds. The van der Waals surface area contributed by atoms with Gasteiger partial charge in [0.1, 0.15) is 11.9 Å². The summed E-state index contributed by atoms with van der Waals surface area (Å²) in [4.78, 5) is 11.7. The van der Waals surface area contributed by atoms with E-state index in [-0.39, 0.29) is 11.9 Å². The molecule has 98 valence electrons. The number of hydrogen-bond acceptors (Lipinski definition) is 2. The Labute approximate surface area is 106 Å². The Morgan fingerprint density at radius 2 is 1.94 bits per heavy atom. The van der Waals surface area contributed by atoms with Crippen molar-refractivity contribution >= 4 is 11.8 Å². The number of halogens is 1. The molecule has 1 aromatic rings. The first-order chi connectivity index (χ1) is 8.65. The average molecular weight is 251 g/mol. The Morgan fingerprint density at radius 3 is 2.61 bits per heavy atom. The molecule has 2 atom stereocenters. The number of rotatable bonds is 2. The lowest BCUT2D eigenvalue weighted by molar-refractivity contribution is 0.0524. The van der Waals surface area contributed by atoms with Crippen LogP contribution in [0.1, 0.15) is 32.6 Å². The SMILES string of the molecule is CC1CCCCC1OC(=O)Nc1ccc(F)cc1. The average Bonchev–Trinajstić information content (AvgIpc) is 2.35. The molecule has 4 heteroatoms. The van der Waals surface area contributed by atoms with Crippen molar-refractivity contribution < 1.29 is 13.9 Å². The molecule has 1 aliphatic rings. The zero-order chi connectivity index (χ0) is 13.0. The van der Waals surface area contributed by atoms with E-state index < -0.39 is 6.09 Å². The first-order valence-electron chi connectivity index (χ1n) is 6.38. The zero-order valence-electron chi connectivity index (χ0n) is 10.5. The summed E-state index contributed by atoms with van der Waals surface area (Å²) in [5.41, 5.74) is 0.546. The van der Waals surface area contributed by atoms with E-state index in [0.717, 1.165) is 19.3 Å². The van der Waals surface area contributed by atoms with Crippen LogP contribution in [0.4, 0.5) is 14.9 Å². The highest BCUT2D eigenvalue weighted by Crippen LogP contribution is 2.26. The summed E-state index contributed by atoms with van der Waals surface area (Å²) in [6.45, 7) is 2.11. The van der Waals surface area contributed by atoms with Crippen LogP contribution >= 0.6 is 0 Å². The standard InChI is InChI=1S/C14H18FNO2/c1-10-4-2-3-5-13(10)18-14(17)16-12-8-6-11(15)7-9-12/h6-10,13H,2-5H2,1H3,(H,16,17). The maximum absolute atomic E-state index is 12.7. The summed E-state index contributed by atoms with van der Waals surface area (Å²) >= 11 is 0. The summed E-state index contributed by atoms with van der Waals surface area (Å²) < 4.78 is 18.1. The Bertz CT molecular complexity index is 405. The van der Waals surface area contributed by atoms with Gasteiger partial charge in [-0.1, -0.05) is 13.3 Å². The summed E-state index contributed by atoms with van der Waals surface area (Å²) in [5.74, 6) is 0.0903. The molecule has 1 aliphatic carbocycles.